The number of rotatable bonds is 5. The van der Waals surface area contributed by atoms with Crippen molar-refractivity contribution >= 4 is 34.7 Å². The van der Waals surface area contributed by atoms with Gasteiger partial charge in [-0.05, 0) is 54.1 Å². The van der Waals surface area contributed by atoms with Gasteiger partial charge in [0, 0.05) is 0 Å². The molecular weight excluding hydrogens is 416 g/mol. The van der Waals surface area contributed by atoms with E-state index in [-0.39, 0.29) is 11.3 Å². The van der Waals surface area contributed by atoms with Gasteiger partial charge in [0.2, 0.25) is 0 Å². The van der Waals surface area contributed by atoms with Crippen LogP contribution in [0.3, 0.4) is 0 Å². The van der Waals surface area contributed by atoms with Gasteiger partial charge in [0.15, 0.2) is 11.5 Å². The Hall–Kier alpha value is -3.77. The third kappa shape index (κ3) is 3.98. The van der Waals surface area contributed by atoms with Crippen LogP contribution >= 0.6 is 11.6 Å². The normalized spacial score (nSPS) is 11.2. The summed E-state index contributed by atoms with van der Waals surface area (Å²) in [6, 6.07) is 17.3. The highest BCUT2D eigenvalue weighted by atomic mass is 35.5. The summed E-state index contributed by atoms with van der Waals surface area (Å²) < 4.78 is 11.9. The highest BCUT2D eigenvalue weighted by Crippen LogP contribution is 2.28. The van der Waals surface area contributed by atoms with Gasteiger partial charge in [-0.3, -0.25) is 9.36 Å². The SMILES string of the molecule is COc1cc(/C=C/c2nc3ccccc3c(=O)n2-c2ccc(OC)c(Cl)c2)ccc1O. The molecule has 0 bridgehead atoms. The van der Waals surface area contributed by atoms with Crippen molar-refractivity contribution in [3.05, 3.63) is 87.4 Å². The molecule has 0 amide bonds. The van der Waals surface area contributed by atoms with Crippen molar-refractivity contribution < 1.29 is 14.6 Å². The number of aromatic hydroxyl groups is 1. The Labute approximate surface area is 183 Å². The van der Waals surface area contributed by atoms with E-state index in [4.69, 9.17) is 21.1 Å². The highest BCUT2D eigenvalue weighted by molar-refractivity contribution is 6.32. The lowest BCUT2D eigenvalue weighted by Crippen LogP contribution is -2.22. The van der Waals surface area contributed by atoms with Gasteiger partial charge in [0.25, 0.3) is 5.56 Å². The Bertz CT molecular complexity index is 1360. The number of methoxy groups -OCH3 is 2. The number of phenols is 1. The van der Waals surface area contributed by atoms with Crippen LogP contribution in [-0.2, 0) is 0 Å². The quantitative estimate of drug-likeness (QED) is 0.482. The number of phenolic OH excluding ortho intramolecular Hbond substituents is 1. The van der Waals surface area contributed by atoms with Crippen molar-refractivity contribution in [1.29, 1.82) is 0 Å². The first-order chi connectivity index (χ1) is 15.0. The zero-order valence-corrected chi connectivity index (χ0v) is 17.6. The van der Waals surface area contributed by atoms with Gasteiger partial charge < -0.3 is 14.6 Å². The van der Waals surface area contributed by atoms with Gasteiger partial charge in [0.05, 0.1) is 35.8 Å². The smallest absolute Gasteiger partial charge is 0.266 e. The largest absolute Gasteiger partial charge is 0.504 e. The maximum absolute atomic E-state index is 13.3. The fraction of sp³-hybridized carbons (Fsp3) is 0.0833. The summed E-state index contributed by atoms with van der Waals surface area (Å²) in [6.07, 6.45) is 3.53. The van der Waals surface area contributed by atoms with Crippen LogP contribution in [-0.4, -0.2) is 28.9 Å². The number of nitrogens with zero attached hydrogens (tertiary/aromatic N) is 2. The van der Waals surface area contributed by atoms with Gasteiger partial charge in [-0.1, -0.05) is 35.9 Å². The maximum Gasteiger partial charge on any atom is 0.266 e. The molecule has 0 aliphatic rings. The molecule has 7 heteroatoms. The van der Waals surface area contributed by atoms with Crippen molar-refractivity contribution in [3.8, 4) is 22.9 Å². The van der Waals surface area contributed by atoms with Crippen LogP contribution in [0.1, 0.15) is 11.4 Å². The fourth-order valence-electron chi connectivity index (χ4n) is 3.27. The summed E-state index contributed by atoms with van der Waals surface area (Å²) in [6.45, 7) is 0. The minimum absolute atomic E-state index is 0.0493. The number of fused-ring (bicyclic) bond motifs is 1. The van der Waals surface area contributed by atoms with E-state index in [1.54, 1.807) is 66.7 Å². The van der Waals surface area contributed by atoms with Crippen LogP contribution in [0.25, 0.3) is 28.7 Å². The van der Waals surface area contributed by atoms with Gasteiger partial charge in [-0.25, -0.2) is 4.98 Å². The summed E-state index contributed by atoms with van der Waals surface area (Å²) in [5.41, 5.74) is 1.72. The van der Waals surface area contributed by atoms with Gasteiger partial charge in [0.1, 0.15) is 11.6 Å². The summed E-state index contributed by atoms with van der Waals surface area (Å²) in [5, 5.41) is 10.7. The minimum Gasteiger partial charge on any atom is -0.504 e. The molecule has 0 unspecified atom stereocenters. The molecule has 0 radical (unpaired) electrons. The molecule has 6 nitrogen and oxygen atoms in total. The molecule has 1 heterocycles. The Morgan fingerprint density at radius 2 is 1.74 bits per heavy atom. The Balaban J connectivity index is 1.90. The molecule has 0 atom stereocenters. The predicted octanol–water partition coefficient (Wildman–Crippen LogP) is 4.93. The molecule has 1 aromatic heterocycles. The van der Waals surface area contributed by atoms with E-state index in [0.717, 1.165) is 5.56 Å². The average molecular weight is 435 g/mol. The lowest BCUT2D eigenvalue weighted by molar-refractivity contribution is 0.373. The first-order valence-electron chi connectivity index (χ1n) is 9.42. The van der Waals surface area contributed by atoms with Crippen LogP contribution in [0.15, 0.2) is 65.5 Å². The molecule has 0 spiro atoms. The molecule has 1 N–H and O–H groups in total. The van der Waals surface area contributed by atoms with E-state index in [1.807, 2.05) is 6.07 Å². The Morgan fingerprint density at radius 1 is 0.968 bits per heavy atom. The molecule has 3 aromatic carbocycles. The van der Waals surface area contributed by atoms with E-state index in [2.05, 4.69) is 4.98 Å². The van der Waals surface area contributed by atoms with Gasteiger partial charge in [-0.2, -0.15) is 0 Å². The van der Waals surface area contributed by atoms with Crippen molar-refractivity contribution in [2.75, 3.05) is 14.2 Å². The molecule has 0 fully saturated rings. The maximum atomic E-state index is 13.3. The van der Waals surface area contributed by atoms with Crippen LogP contribution in [0.2, 0.25) is 5.02 Å². The summed E-state index contributed by atoms with van der Waals surface area (Å²) in [4.78, 5) is 18.0. The molecule has 4 aromatic rings. The van der Waals surface area contributed by atoms with Crippen LogP contribution < -0.4 is 15.0 Å². The Kier molecular flexibility index (Phi) is 5.64. The number of hydrogen-bond donors (Lipinski definition) is 1. The standard InChI is InChI=1S/C24H19ClN2O4/c1-30-21-11-9-16(14-18(21)25)27-23(26-19-6-4-3-5-17(19)24(27)29)12-8-15-7-10-20(28)22(13-15)31-2/h3-14,28H,1-2H3/b12-8+. The van der Waals surface area contributed by atoms with Crippen molar-refractivity contribution in [3.63, 3.8) is 0 Å². The first-order valence-corrected chi connectivity index (χ1v) is 9.80. The number of para-hydroxylation sites is 1. The molecule has 31 heavy (non-hydrogen) atoms. The monoisotopic (exact) mass is 434 g/mol. The Morgan fingerprint density at radius 3 is 2.48 bits per heavy atom. The van der Waals surface area contributed by atoms with E-state index >= 15 is 0 Å². The molecule has 156 valence electrons. The zero-order chi connectivity index (χ0) is 22.0. The lowest BCUT2D eigenvalue weighted by atomic mass is 10.1. The van der Waals surface area contributed by atoms with E-state index in [0.29, 0.717) is 38.9 Å². The molecule has 0 aliphatic heterocycles. The number of hydrogen-bond acceptors (Lipinski definition) is 5. The number of benzene rings is 3. The number of aromatic nitrogens is 2. The minimum atomic E-state index is -0.213. The molecule has 4 rings (SSSR count). The molecule has 0 saturated heterocycles. The predicted molar refractivity (Wildman–Crippen MR) is 122 cm³/mol. The first kappa shape index (κ1) is 20.5. The van der Waals surface area contributed by atoms with Gasteiger partial charge >= 0.3 is 0 Å². The number of ether oxygens (including phenoxy) is 2. The second kappa shape index (κ2) is 8.53. The van der Waals surface area contributed by atoms with E-state index in [1.165, 1.54) is 18.8 Å². The third-order valence-corrected chi connectivity index (χ3v) is 5.12. The van der Waals surface area contributed by atoms with Crippen molar-refractivity contribution in [1.82, 2.24) is 9.55 Å². The second-order valence-corrected chi connectivity index (χ2v) is 7.12. The average Bonchev–Trinajstić information content (AvgIpc) is 2.78. The topological polar surface area (TPSA) is 73.6 Å². The van der Waals surface area contributed by atoms with E-state index in [9.17, 15) is 9.90 Å². The van der Waals surface area contributed by atoms with Crippen molar-refractivity contribution in [2.45, 2.75) is 0 Å². The molecular formula is C24H19ClN2O4. The van der Waals surface area contributed by atoms with E-state index < -0.39 is 0 Å². The summed E-state index contributed by atoms with van der Waals surface area (Å²) in [5.74, 6) is 1.35. The van der Waals surface area contributed by atoms with Gasteiger partial charge in [-0.15, -0.1) is 0 Å². The van der Waals surface area contributed by atoms with Crippen molar-refractivity contribution in [2.24, 2.45) is 0 Å². The third-order valence-electron chi connectivity index (χ3n) is 4.82. The lowest BCUT2D eigenvalue weighted by Gasteiger charge is -2.13. The zero-order valence-electron chi connectivity index (χ0n) is 16.9. The van der Waals surface area contributed by atoms with Crippen LogP contribution in [0.5, 0.6) is 17.2 Å². The molecule has 0 saturated carbocycles. The highest BCUT2D eigenvalue weighted by Gasteiger charge is 2.13. The summed E-state index contributed by atoms with van der Waals surface area (Å²) >= 11 is 6.31. The fourth-order valence-corrected chi connectivity index (χ4v) is 3.53. The van der Waals surface area contributed by atoms with Crippen LogP contribution in [0, 0.1) is 0 Å². The molecule has 0 aliphatic carbocycles. The summed E-state index contributed by atoms with van der Waals surface area (Å²) in [7, 11) is 3.02. The van der Waals surface area contributed by atoms with Crippen LogP contribution in [0.4, 0.5) is 0 Å². The number of halogens is 1. The second-order valence-electron chi connectivity index (χ2n) is 6.71.